The predicted octanol–water partition coefficient (Wildman–Crippen LogP) is 2.96. The van der Waals surface area contributed by atoms with Crippen LogP contribution in [0, 0.1) is 0 Å². The number of thioether (sulfide) groups is 1. The second kappa shape index (κ2) is 17.0. The first-order valence-corrected chi connectivity index (χ1v) is 18.2. The molecule has 1 aromatic heterocycles. The lowest BCUT2D eigenvalue weighted by Crippen LogP contribution is -2.71. The number of amides is 3. The zero-order valence-electron chi connectivity index (χ0n) is 29.2. The van der Waals surface area contributed by atoms with E-state index in [0.29, 0.717) is 15.7 Å². The van der Waals surface area contributed by atoms with E-state index < -0.39 is 89.1 Å². The number of nitrogens with one attached hydrogen (secondary N) is 2. The number of hydrogen-bond donors (Lipinski definition) is 3. The summed E-state index contributed by atoms with van der Waals surface area (Å²) in [6.45, 7) is -0.240. The van der Waals surface area contributed by atoms with Gasteiger partial charge in [0, 0.05) is 12.2 Å². The predicted molar refractivity (Wildman–Crippen MR) is 197 cm³/mol. The summed E-state index contributed by atoms with van der Waals surface area (Å²) in [5.74, 6) is -6.27. The number of carboxylic acid groups (broad SMARTS) is 1. The van der Waals surface area contributed by atoms with Crippen molar-refractivity contribution in [2.24, 2.45) is 0 Å². The van der Waals surface area contributed by atoms with Gasteiger partial charge in [-0.2, -0.15) is 0 Å². The molecule has 6 rings (SSSR count). The minimum Gasteiger partial charge on any atom is -0.477 e. The van der Waals surface area contributed by atoms with Gasteiger partial charge in [0.25, 0.3) is 11.5 Å². The Hall–Kier alpha value is -6.40. The van der Waals surface area contributed by atoms with E-state index in [4.69, 9.17) is 25.5 Å². The number of methoxy groups -OCH3 is 1. The number of carbonyl (C=O) groups excluding carboxylic acids is 5. The number of fused-ring (bicyclic) bond motifs is 2. The molecule has 4 aromatic rings. The van der Waals surface area contributed by atoms with Crippen molar-refractivity contribution in [3.8, 4) is 5.75 Å². The number of benzene rings is 3. The molecule has 0 radical (unpaired) electrons. The maximum atomic E-state index is 13.8. The van der Waals surface area contributed by atoms with Crippen LogP contribution in [0.2, 0.25) is 0 Å². The van der Waals surface area contributed by atoms with Gasteiger partial charge < -0.3 is 34.4 Å². The number of carbonyl (C=O) groups is 6. The largest absolute Gasteiger partial charge is 0.513 e. The van der Waals surface area contributed by atoms with Crippen LogP contribution in [0.3, 0.4) is 0 Å². The first-order chi connectivity index (χ1) is 26.9. The number of β-lactam (4-membered cyclic amide) rings is 1. The number of rotatable bonds is 13. The van der Waals surface area contributed by atoms with Crippen LogP contribution in [0.25, 0.3) is 11.0 Å². The molecule has 2 aliphatic heterocycles. The number of aliphatic carboxylic acids is 1. The summed E-state index contributed by atoms with van der Waals surface area (Å²) in [7, 11) is 1.05. The first kappa shape index (κ1) is 39.3. The van der Waals surface area contributed by atoms with Gasteiger partial charge in [-0.05, 0) is 29.7 Å². The summed E-state index contributed by atoms with van der Waals surface area (Å²) in [5.41, 5.74) is -0.868. The molecule has 17 nitrogen and oxygen atoms in total. The van der Waals surface area contributed by atoms with Crippen LogP contribution >= 0.6 is 23.4 Å². The molecule has 4 atom stereocenters. The highest BCUT2D eigenvalue weighted by molar-refractivity contribution is 8.00. The van der Waals surface area contributed by atoms with Crippen LogP contribution in [0.1, 0.15) is 36.1 Å². The Morgan fingerprint density at radius 1 is 0.982 bits per heavy atom. The Labute approximate surface area is 325 Å². The first-order valence-electron chi connectivity index (χ1n) is 16.8. The summed E-state index contributed by atoms with van der Waals surface area (Å²) >= 11 is 7.22. The molecule has 3 N–H and O–H groups in total. The van der Waals surface area contributed by atoms with Gasteiger partial charge >= 0.3 is 23.9 Å². The van der Waals surface area contributed by atoms with Crippen LogP contribution in [-0.4, -0.2) is 74.7 Å². The Kier molecular flexibility index (Phi) is 11.9. The van der Waals surface area contributed by atoms with Crippen molar-refractivity contribution in [1.29, 1.82) is 0 Å². The van der Waals surface area contributed by atoms with Gasteiger partial charge in [-0.3, -0.25) is 24.1 Å². The van der Waals surface area contributed by atoms with Crippen molar-refractivity contribution in [2.75, 3.05) is 12.9 Å². The van der Waals surface area contributed by atoms with Crippen molar-refractivity contribution in [1.82, 2.24) is 20.1 Å². The molecule has 3 aromatic carbocycles. The van der Waals surface area contributed by atoms with E-state index in [9.17, 15) is 43.5 Å². The lowest BCUT2D eigenvalue weighted by molar-refractivity contribution is -0.151. The van der Waals surface area contributed by atoms with Crippen molar-refractivity contribution < 1.29 is 52.5 Å². The molecule has 1 unspecified atom stereocenters. The molecular formula is C37H31ClN4O13S. The molecule has 2 aliphatic rings. The molecule has 1 fully saturated rings. The second-order valence-electron chi connectivity index (χ2n) is 12.2. The lowest BCUT2D eigenvalue weighted by atomic mass is 10.0. The molecular weight excluding hydrogens is 776 g/mol. The van der Waals surface area contributed by atoms with Crippen LogP contribution in [0.5, 0.6) is 5.75 Å². The number of hydrogen-bond acceptors (Lipinski definition) is 13. The molecule has 0 saturated carbocycles. The van der Waals surface area contributed by atoms with E-state index >= 15 is 0 Å². The summed E-state index contributed by atoms with van der Waals surface area (Å²) in [5, 5.41) is 13.8. The third-order valence-corrected chi connectivity index (χ3v) is 10.5. The molecule has 3 amide bonds. The molecule has 56 heavy (non-hydrogen) atoms. The average molecular weight is 807 g/mol. The van der Waals surface area contributed by atoms with Gasteiger partial charge in [-0.1, -0.05) is 78.3 Å². The van der Waals surface area contributed by atoms with Gasteiger partial charge in [0.2, 0.25) is 11.8 Å². The minimum absolute atomic E-state index is 0.0189. The zero-order chi connectivity index (χ0) is 40.1. The highest BCUT2D eigenvalue weighted by atomic mass is 35.5. The maximum absolute atomic E-state index is 13.8. The summed E-state index contributed by atoms with van der Waals surface area (Å²) in [6.07, 6.45) is -2.17. The third kappa shape index (κ3) is 8.15. The number of halogens is 1. The highest BCUT2D eigenvalue weighted by Gasteiger charge is 2.54. The molecule has 1 saturated heterocycles. The number of ether oxygens (including phenoxy) is 3. The number of para-hydroxylation sites is 1. The average Bonchev–Trinajstić information content (AvgIpc) is 3.19. The van der Waals surface area contributed by atoms with Crippen molar-refractivity contribution in [3.05, 3.63) is 122 Å². The van der Waals surface area contributed by atoms with Gasteiger partial charge in [-0.25, -0.2) is 23.7 Å². The Bertz CT molecular complexity index is 2370. The van der Waals surface area contributed by atoms with E-state index in [0.717, 1.165) is 23.8 Å². The fourth-order valence-corrected chi connectivity index (χ4v) is 7.61. The van der Waals surface area contributed by atoms with E-state index in [1.807, 2.05) is 0 Å². The van der Waals surface area contributed by atoms with Gasteiger partial charge in [0.15, 0.2) is 11.3 Å². The standard InChI is InChI=1S/C37H31ClN4O13S/c1-52-37(51)54-24-14-8-13-21-29(24)55-36(50)41(31(21)45)23(35(49)53-17-19-9-4-2-5-10-19)15-16-25(43)39-26(20-11-6-3-7-12-20)30(44)40-27-32(46)42-28(34(47)48)22(38)18-56-33(27)42/h2-14,23,26-27,33H,15-18H2,1H3,(H,39,43)(H,40,44)(H,47,48)/t23-,26+,27+,33?/m0/s1. The van der Waals surface area contributed by atoms with E-state index in [-0.39, 0.29) is 34.2 Å². The third-order valence-electron chi connectivity index (χ3n) is 8.75. The molecule has 290 valence electrons. The Balaban J connectivity index is 1.24. The summed E-state index contributed by atoms with van der Waals surface area (Å²) in [6, 6.07) is 16.2. The number of carboxylic acids is 1. The second-order valence-corrected chi connectivity index (χ2v) is 13.8. The topological polar surface area (TPSA) is 230 Å². The number of nitrogens with zero attached hydrogens (tertiary/aromatic N) is 2. The SMILES string of the molecule is COC(=O)Oc1cccc2c(=O)n([C@@H](CCC(=O)N[C@@H](C(=O)N[C@@H]3C(=O)N4C(C(=O)O)=C(Cl)CSC34)c3ccccc3)C(=O)OCc3ccccc3)c(=O)oc12. The summed E-state index contributed by atoms with van der Waals surface area (Å²) in [4.78, 5) is 106. The Morgan fingerprint density at radius 2 is 1.68 bits per heavy atom. The normalized spacial score (nSPS) is 17.2. The monoisotopic (exact) mass is 806 g/mol. The summed E-state index contributed by atoms with van der Waals surface area (Å²) < 4.78 is 20.8. The lowest BCUT2D eigenvalue weighted by Gasteiger charge is -2.49. The fourth-order valence-electron chi connectivity index (χ4n) is 6.06. The Morgan fingerprint density at radius 3 is 2.36 bits per heavy atom. The number of aromatic nitrogens is 1. The molecule has 0 bridgehead atoms. The van der Waals surface area contributed by atoms with E-state index in [1.54, 1.807) is 60.7 Å². The fraction of sp³-hybridized carbons (Fsp3) is 0.243. The van der Waals surface area contributed by atoms with Crippen molar-refractivity contribution in [3.63, 3.8) is 0 Å². The van der Waals surface area contributed by atoms with Crippen LogP contribution in [-0.2, 0) is 40.1 Å². The van der Waals surface area contributed by atoms with Gasteiger partial charge in [0.1, 0.15) is 35.8 Å². The van der Waals surface area contributed by atoms with Gasteiger partial charge in [-0.15, -0.1) is 11.8 Å². The van der Waals surface area contributed by atoms with Crippen molar-refractivity contribution >= 4 is 70.1 Å². The quantitative estimate of drug-likeness (QED) is 0.100. The van der Waals surface area contributed by atoms with E-state index in [1.165, 1.54) is 18.2 Å². The molecule has 19 heteroatoms. The van der Waals surface area contributed by atoms with Crippen molar-refractivity contribution in [2.45, 2.75) is 42.9 Å². The zero-order valence-corrected chi connectivity index (χ0v) is 30.7. The van der Waals surface area contributed by atoms with Crippen LogP contribution < -0.4 is 26.7 Å². The maximum Gasteiger partial charge on any atom is 0.513 e. The number of esters is 1. The van der Waals surface area contributed by atoms with Crippen LogP contribution in [0.4, 0.5) is 4.79 Å². The van der Waals surface area contributed by atoms with Crippen LogP contribution in [0.15, 0.2) is 104 Å². The molecule has 0 spiro atoms. The molecule has 3 heterocycles. The van der Waals surface area contributed by atoms with E-state index in [2.05, 4.69) is 15.4 Å². The highest BCUT2D eigenvalue weighted by Crippen LogP contribution is 2.41. The minimum atomic E-state index is -1.71. The molecule has 0 aliphatic carbocycles. The smallest absolute Gasteiger partial charge is 0.477 e. The van der Waals surface area contributed by atoms with Gasteiger partial charge in [0.05, 0.1) is 17.5 Å².